The van der Waals surface area contributed by atoms with E-state index < -0.39 is 5.63 Å². The summed E-state index contributed by atoms with van der Waals surface area (Å²) in [6.45, 7) is 4.29. The van der Waals surface area contributed by atoms with Gasteiger partial charge in [-0.1, -0.05) is 28.1 Å². The number of carbonyl (C=O) groups excluding carboxylic acids is 1. The molecule has 1 amide bonds. The summed E-state index contributed by atoms with van der Waals surface area (Å²) < 4.78 is 6.15. The first-order chi connectivity index (χ1) is 11.5. The number of anilines is 1. The van der Waals surface area contributed by atoms with E-state index in [1.807, 2.05) is 44.2 Å². The number of nitrogens with zero attached hydrogens (tertiary/aromatic N) is 1. The Balaban J connectivity index is 2.09. The third-order valence-corrected chi connectivity index (χ3v) is 4.29. The quantitative estimate of drug-likeness (QED) is 0.622. The predicted molar refractivity (Wildman–Crippen MR) is 98.7 cm³/mol. The number of hydrogen-bond acceptors (Lipinski definition) is 3. The van der Waals surface area contributed by atoms with Crippen LogP contribution < -0.4 is 10.5 Å². The smallest absolute Gasteiger partial charge is 0.349 e. The maximum Gasteiger partial charge on any atom is 0.349 e. The van der Waals surface area contributed by atoms with Crippen molar-refractivity contribution in [1.82, 2.24) is 0 Å². The fraction of sp³-hybridized carbons (Fsp3) is 0.158. The van der Waals surface area contributed by atoms with Crippen LogP contribution in [0.5, 0.6) is 0 Å². The number of amides is 1. The Morgan fingerprint density at radius 3 is 2.67 bits per heavy atom. The largest absolute Gasteiger partial charge is 0.422 e. The van der Waals surface area contributed by atoms with Gasteiger partial charge in [-0.05, 0) is 55.8 Å². The van der Waals surface area contributed by atoms with E-state index in [2.05, 4.69) is 15.9 Å². The van der Waals surface area contributed by atoms with Crippen LogP contribution in [0.4, 0.5) is 5.69 Å². The number of benzene rings is 2. The van der Waals surface area contributed by atoms with Crippen LogP contribution in [0, 0.1) is 6.92 Å². The minimum Gasteiger partial charge on any atom is -0.422 e. The molecule has 0 bridgehead atoms. The van der Waals surface area contributed by atoms with Crippen molar-refractivity contribution in [2.45, 2.75) is 13.8 Å². The van der Waals surface area contributed by atoms with Gasteiger partial charge in [-0.25, -0.2) is 4.79 Å². The lowest BCUT2D eigenvalue weighted by Crippen LogP contribution is -2.33. The molecule has 0 saturated heterocycles. The molecule has 5 heteroatoms. The van der Waals surface area contributed by atoms with Crippen LogP contribution in [0.2, 0.25) is 0 Å². The number of carbonyl (C=O) groups is 1. The Kier molecular flexibility index (Phi) is 4.53. The van der Waals surface area contributed by atoms with Gasteiger partial charge in [0.25, 0.3) is 5.91 Å². The summed E-state index contributed by atoms with van der Waals surface area (Å²) in [5.74, 6) is -0.362. The second-order valence-corrected chi connectivity index (χ2v) is 6.43. The maximum atomic E-state index is 12.9. The molecular weight excluding hydrogens is 370 g/mol. The van der Waals surface area contributed by atoms with Gasteiger partial charge >= 0.3 is 5.63 Å². The SMILES string of the molecule is CCN(C(=O)c1cc2cc(Br)ccc2oc1=O)c1cccc(C)c1. The zero-order chi connectivity index (χ0) is 17.3. The summed E-state index contributed by atoms with van der Waals surface area (Å²) in [7, 11) is 0. The molecule has 1 heterocycles. The van der Waals surface area contributed by atoms with Crippen molar-refractivity contribution >= 4 is 38.5 Å². The second-order valence-electron chi connectivity index (χ2n) is 5.52. The number of aryl methyl sites for hydroxylation is 1. The Hall–Kier alpha value is -2.40. The Morgan fingerprint density at radius 2 is 1.96 bits per heavy atom. The molecule has 3 aromatic rings. The molecule has 2 aromatic carbocycles. The van der Waals surface area contributed by atoms with E-state index >= 15 is 0 Å². The van der Waals surface area contributed by atoms with Gasteiger partial charge in [0.2, 0.25) is 0 Å². The van der Waals surface area contributed by atoms with Crippen molar-refractivity contribution in [3.05, 3.63) is 74.6 Å². The van der Waals surface area contributed by atoms with Gasteiger partial charge < -0.3 is 9.32 Å². The minimum atomic E-state index is -0.624. The number of rotatable bonds is 3. The van der Waals surface area contributed by atoms with Crippen LogP contribution in [0.25, 0.3) is 11.0 Å². The molecular formula is C19H16BrNO3. The van der Waals surface area contributed by atoms with Gasteiger partial charge in [0.05, 0.1) is 0 Å². The van der Waals surface area contributed by atoms with E-state index in [-0.39, 0.29) is 11.5 Å². The Bertz CT molecular complexity index is 978. The van der Waals surface area contributed by atoms with Gasteiger partial charge in [-0.3, -0.25) is 4.79 Å². The van der Waals surface area contributed by atoms with Crippen molar-refractivity contribution in [1.29, 1.82) is 0 Å². The zero-order valence-corrected chi connectivity index (χ0v) is 15.0. The number of hydrogen-bond donors (Lipinski definition) is 0. The van der Waals surface area contributed by atoms with Crippen LogP contribution in [-0.2, 0) is 0 Å². The lowest BCUT2D eigenvalue weighted by molar-refractivity contribution is 0.0985. The highest BCUT2D eigenvalue weighted by atomic mass is 79.9. The monoisotopic (exact) mass is 385 g/mol. The van der Waals surface area contributed by atoms with Gasteiger partial charge in [-0.2, -0.15) is 0 Å². The summed E-state index contributed by atoms with van der Waals surface area (Å²) in [6, 6.07) is 14.5. The molecule has 0 atom stereocenters. The lowest BCUT2D eigenvalue weighted by atomic mass is 10.1. The fourth-order valence-corrected chi connectivity index (χ4v) is 3.01. The summed E-state index contributed by atoms with van der Waals surface area (Å²) >= 11 is 3.38. The molecule has 1 aromatic heterocycles. The Morgan fingerprint density at radius 1 is 1.17 bits per heavy atom. The van der Waals surface area contributed by atoms with E-state index in [0.29, 0.717) is 17.5 Å². The summed E-state index contributed by atoms with van der Waals surface area (Å²) in [5, 5.41) is 0.702. The second kappa shape index (κ2) is 6.61. The van der Waals surface area contributed by atoms with Crippen LogP contribution in [-0.4, -0.2) is 12.5 Å². The molecule has 0 aliphatic heterocycles. The van der Waals surface area contributed by atoms with Gasteiger partial charge in [-0.15, -0.1) is 0 Å². The predicted octanol–water partition coefficient (Wildman–Crippen LogP) is 4.53. The first-order valence-electron chi connectivity index (χ1n) is 7.61. The van der Waals surface area contributed by atoms with Crippen molar-refractivity contribution in [3.63, 3.8) is 0 Å². The van der Waals surface area contributed by atoms with Crippen molar-refractivity contribution in [2.24, 2.45) is 0 Å². The number of fused-ring (bicyclic) bond motifs is 1. The van der Waals surface area contributed by atoms with Crippen molar-refractivity contribution in [2.75, 3.05) is 11.4 Å². The molecule has 0 saturated carbocycles. The minimum absolute atomic E-state index is 0.0314. The fourth-order valence-electron chi connectivity index (χ4n) is 2.63. The van der Waals surface area contributed by atoms with Crippen molar-refractivity contribution in [3.8, 4) is 0 Å². The average molecular weight is 386 g/mol. The molecule has 24 heavy (non-hydrogen) atoms. The van der Waals surface area contributed by atoms with Crippen LogP contribution in [0.15, 0.2) is 62.2 Å². The molecule has 0 spiro atoms. The highest BCUT2D eigenvalue weighted by Crippen LogP contribution is 2.22. The van der Waals surface area contributed by atoms with Crippen LogP contribution in [0.1, 0.15) is 22.8 Å². The molecule has 3 rings (SSSR count). The topological polar surface area (TPSA) is 50.5 Å². The highest BCUT2D eigenvalue weighted by molar-refractivity contribution is 9.10. The average Bonchev–Trinajstić information content (AvgIpc) is 2.55. The van der Waals surface area contributed by atoms with E-state index in [4.69, 9.17) is 4.42 Å². The highest BCUT2D eigenvalue weighted by Gasteiger charge is 2.21. The van der Waals surface area contributed by atoms with Crippen LogP contribution >= 0.6 is 15.9 Å². The first kappa shape index (κ1) is 16.5. The third-order valence-electron chi connectivity index (χ3n) is 3.80. The normalized spacial score (nSPS) is 10.8. The maximum absolute atomic E-state index is 12.9. The molecule has 0 radical (unpaired) electrons. The zero-order valence-electron chi connectivity index (χ0n) is 13.4. The molecule has 0 aliphatic rings. The van der Waals surface area contributed by atoms with Gasteiger partial charge in [0, 0.05) is 22.1 Å². The standard InChI is InChI=1S/C19H16BrNO3/c1-3-21(15-6-4-5-12(2)9-15)18(22)16-11-13-10-14(20)7-8-17(13)24-19(16)23/h4-11H,3H2,1-2H3. The summed E-state index contributed by atoms with van der Waals surface area (Å²) in [6.07, 6.45) is 0. The van der Waals surface area contributed by atoms with E-state index in [0.717, 1.165) is 15.7 Å². The molecule has 0 unspecified atom stereocenters. The van der Waals surface area contributed by atoms with Crippen molar-refractivity contribution < 1.29 is 9.21 Å². The molecule has 122 valence electrons. The van der Waals surface area contributed by atoms with Crippen LogP contribution in [0.3, 0.4) is 0 Å². The first-order valence-corrected chi connectivity index (χ1v) is 8.41. The summed E-state index contributed by atoms with van der Waals surface area (Å²) in [4.78, 5) is 26.7. The van der Waals surface area contributed by atoms with Gasteiger partial charge in [0.1, 0.15) is 11.1 Å². The Labute approximate surface area is 147 Å². The van der Waals surface area contributed by atoms with E-state index in [1.54, 1.807) is 23.1 Å². The molecule has 4 nitrogen and oxygen atoms in total. The lowest BCUT2D eigenvalue weighted by Gasteiger charge is -2.21. The van der Waals surface area contributed by atoms with E-state index in [1.165, 1.54) is 0 Å². The van der Waals surface area contributed by atoms with E-state index in [9.17, 15) is 9.59 Å². The molecule has 0 fully saturated rings. The third kappa shape index (κ3) is 3.12. The number of halogens is 1. The van der Waals surface area contributed by atoms with Gasteiger partial charge in [0.15, 0.2) is 0 Å². The molecule has 0 N–H and O–H groups in total. The molecule has 0 aliphatic carbocycles. The summed E-state index contributed by atoms with van der Waals surface area (Å²) in [5.41, 5.74) is 1.67.